The fourth-order valence-corrected chi connectivity index (χ4v) is 2.89. The van der Waals surface area contributed by atoms with Crippen LogP contribution < -0.4 is 10.6 Å². The van der Waals surface area contributed by atoms with E-state index in [9.17, 15) is 4.39 Å². The largest absolute Gasteiger partial charge is 0.376 e. The first-order valence-electron chi connectivity index (χ1n) is 6.87. The normalized spacial score (nSPS) is 40.2. The standard InChI is InChI=1S/C9H17N.C4H8FNO/c1-6(2)9-8-5-7(8)3-4-10-9;5-4-3-7-2-1-6-4/h6-10H,3-5H2,1-2H3;4,6H,1-3H2. The summed E-state index contributed by atoms with van der Waals surface area (Å²) in [6.07, 6.45) is 2.01. The summed E-state index contributed by atoms with van der Waals surface area (Å²) in [5, 5.41) is 6.20. The van der Waals surface area contributed by atoms with E-state index in [0.717, 1.165) is 23.8 Å². The van der Waals surface area contributed by atoms with Gasteiger partial charge in [-0.25, -0.2) is 4.39 Å². The van der Waals surface area contributed by atoms with Crippen molar-refractivity contribution in [2.45, 2.75) is 39.0 Å². The zero-order chi connectivity index (χ0) is 12.3. The number of piperidine rings is 1. The second-order valence-electron chi connectivity index (χ2n) is 5.67. The third kappa shape index (κ3) is 3.90. The minimum Gasteiger partial charge on any atom is -0.376 e. The molecule has 0 bridgehead atoms. The lowest BCUT2D eigenvalue weighted by Gasteiger charge is -2.26. The molecule has 3 nitrogen and oxygen atoms in total. The van der Waals surface area contributed by atoms with Gasteiger partial charge in [0.2, 0.25) is 0 Å². The summed E-state index contributed by atoms with van der Waals surface area (Å²) in [6, 6.07) is 0.846. The van der Waals surface area contributed by atoms with Crippen LogP contribution in [0, 0.1) is 17.8 Å². The fraction of sp³-hybridized carbons (Fsp3) is 1.00. The molecule has 4 unspecified atom stereocenters. The lowest BCUT2D eigenvalue weighted by Crippen LogP contribution is -2.40. The highest BCUT2D eigenvalue weighted by Crippen LogP contribution is 2.47. The summed E-state index contributed by atoms with van der Waals surface area (Å²) >= 11 is 0. The summed E-state index contributed by atoms with van der Waals surface area (Å²) in [5.74, 6) is 3.00. The zero-order valence-electron chi connectivity index (χ0n) is 10.9. The highest BCUT2D eigenvalue weighted by atomic mass is 19.1. The molecule has 0 aromatic rings. The Morgan fingerprint density at radius 2 is 2.06 bits per heavy atom. The van der Waals surface area contributed by atoms with Crippen LogP contribution in [-0.4, -0.2) is 38.6 Å². The number of morpholine rings is 1. The van der Waals surface area contributed by atoms with Crippen LogP contribution in [0.15, 0.2) is 0 Å². The van der Waals surface area contributed by atoms with Crippen LogP contribution in [0.2, 0.25) is 0 Å². The van der Waals surface area contributed by atoms with E-state index in [1.54, 1.807) is 0 Å². The van der Waals surface area contributed by atoms with Crippen LogP contribution in [-0.2, 0) is 4.74 Å². The van der Waals surface area contributed by atoms with Gasteiger partial charge >= 0.3 is 0 Å². The SMILES string of the molecule is CC(C)C1NCCC2CC21.FC1COCCN1. The number of ether oxygens (including phenoxy) is 1. The van der Waals surface area contributed by atoms with Crippen molar-refractivity contribution in [2.75, 3.05) is 26.3 Å². The molecule has 1 saturated carbocycles. The highest BCUT2D eigenvalue weighted by molar-refractivity contribution is 4.99. The molecule has 4 atom stereocenters. The Bertz CT molecular complexity index is 231. The Hall–Kier alpha value is -0.190. The summed E-state index contributed by atoms with van der Waals surface area (Å²) < 4.78 is 16.7. The summed E-state index contributed by atoms with van der Waals surface area (Å²) in [4.78, 5) is 0. The van der Waals surface area contributed by atoms with Crippen molar-refractivity contribution in [1.82, 2.24) is 10.6 Å². The quantitative estimate of drug-likeness (QED) is 0.687. The molecule has 0 aromatic heterocycles. The molecule has 2 N–H and O–H groups in total. The van der Waals surface area contributed by atoms with Gasteiger partial charge in [-0.05, 0) is 37.1 Å². The molecule has 3 rings (SSSR count). The van der Waals surface area contributed by atoms with Gasteiger partial charge < -0.3 is 10.1 Å². The second kappa shape index (κ2) is 6.12. The molecule has 0 amide bonds. The van der Waals surface area contributed by atoms with E-state index < -0.39 is 6.30 Å². The van der Waals surface area contributed by atoms with Crippen molar-refractivity contribution >= 4 is 0 Å². The molecule has 3 fully saturated rings. The Balaban J connectivity index is 0.000000136. The summed E-state index contributed by atoms with van der Waals surface area (Å²) in [7, 11) is 0. The molecule has 1 aliphatic carbocycles. The number of hydrogen-bond acceptors (Lipinski definition) is 3. The van der Waals surface area contributed by atoms with Gasteiger partial charge in [-0.2, -0.15) is 0 Å². The fourth-order valence-electron chi connectivity index (χ4n) is 2.89. The van der Waals surface area contributed by atoms with Crippen LogP contribution in [0.25, 0.3) is 0 Å². The number of alkyl halides is 1. The van der Waals surface area contributed by atoms with E-state index in [4.69, 9.17) is 4.74 Å². The molecule has 3 aliphatic rings. The number of rotatable bonds is 1. The predicted molar refractivity (Wildman–Crippen MR) is 66.6 cm³/mol. The van der Waals surface area contributed by atoms with Gasteiger partial charge in [-0.1, -0.05) is 13.8 Å². The number of fused-ring (bicyclic) bond motifs is 1. The van der Waals surface area contributed by atoms with E-state index in [-0.39, 0.29) is 6.61 Å². The van der Waals surface area contributed by atoms with Crippen LogP contribution in [0.4, 0.5) is 4.39 Å². The third-order valence-electron chi connectivity index (χ3n) is 3.93. The lowest BCUT2D eigenvalue weighted by atomic mass is 9.95. The van der Waals surface area contributed by atoms with Crippen LogP contribution in [0.5, 0.6) is 0 Å². The third-order valence-corrected chi connectivity index (χ3v) is 3.93. The van der Waals surface area contributed by atoms with Crippen molar-refractivity contribution in [3.05, 3.63) is 0 Å². The molecule has 2 heterocycles. The molecule has 4 heteroatoms. The van der Waals surface area contributed by atoms with Gasteiger partial charge in [0.1, 0.15) is 0 Å². The van der Waals surface area contributed by atoms with Crippen molar-refractivity contribution in [2.24, 2.45) is 17.8 Å². The van der Waals surface area contributed by atoms with Crippen molar-refractivity contribution in [1.29, 1.82) is 0 Å². The minimum absolute atomic E-state index is 0.208. The minimum atomic E-state index is -0.936. The maximum absolute atomic E-state index is 11.9. The zero-order valence-corrected chi connectivity index (χ0v) is 10.9. The van der Waals surface area contributed by atoms with Gasteiger partial charge in [-0.15, -0.1) is 0 Å². The molecule has 2 aliphatic heterocycles. The summed E-state index contributed by atoms with van der Waals surface area (Å²) in [6.45, 7) is 7.42. The Morgan fingerprint density at radius 3 is 2.53 bits per heavy atom. The van der Waals surface area contributed by atoms with Crippen molar-refractivity contribution in [3.8, 4) is 0 Å². The molecule has 0 radical (unpaired) electrons. The lowest BCUT2D eigenvalue weighted by molar-refractivity contribution is 0.0286. The maximum atomic E-state index is 11.9. The molecular formula is C13H25FN2O. The Kier molecular flexibility index (Phi) is 4.77. The first-order chi connectivity index (χ1) is 8.18. The molecule has 17 heavy (non-hydrogen) atoms. The summed E-state index contributed by atoms with van der Waals surface area (Å²) in [5.41, 5.74) is 0. The average molecular weight is 244 g/mol. The van der Waals surface area contributed by atoms with Gasteiger partial charge in [-0.3, -0.25) is 5.32 Å². The number of hydrogen-bond donors (Lipinski definition) is 2. The topological polar surface area (TPSA) is 33.3 Å². The first kappa shape index (κ1) is 13.2. The average Bonchev–Trinajstić information content (AvgIpc) is 3.09. The Morgan fingerprint density at radius 1 is 1.24 bits per heavy atom. The van der Waals surface area contributed by atoms with Crippen molar-refractivity contribution in [3.63, 3.8) is 0 Å². The molecule has 2 saturated heterocycles. The van der Waals surface area contributed by atoms with E-state index in [1.165, 1.54) is 19.4 Å². The monoisotopic (exact) mass is 244 g/mol. The highest BCUT2D eigenvalue weighted by Gasteiger charge is 2.45. The van der Waals surface area contributed by atoms with E-state index >= 15 is 0 Å². The van der Waals surface area contributed by atoms with Crippen LogP contribution in [0.1, 0.15) is 26.7 Å². The van der Waals surface area contributed by atoms with Gasteiger partial charge in [0, 0.05) is 12.6 Å². The molecule has 0 aromatic carbocycles. The number of halogens is 1. The molecular weight excluding hydrogens is 219 g/mol. The van der Waals surface area contributed by atoms with Crippen LogP contribution >= 0.6 is 0 Å². The maximum Gasteiger partial charge on any atom is 0.174 e. The predicted octanol–water partition coefficient (Wildman–Crippen LogP) is 1.54. The van der Waals surface area contributed by atoms with Gasteiger partial charge in [0.25, 0.3) is 0 Å². The van der Waals surface area contributed by atoms with Gasteiger partial charge in [0.05, 0.1) is 13.2 Å². The molecule has 0 spiro atoms. The van der Waals surface area contributed by atoms with Gasteiger partial charge in [0.15, 0.2) is 6.30 Å². The van der Waals surface area contributed by atoms with Crippen molar-refractivity contribution < 1.29 is 9.13 Å². The second-order valence-corrected chi connectivity index (χ2v) is 5.67. The Labute approximate surface area is 103 Å². The van der Waals surface area contributed by atoms with E-state index in [1.807, 2.05) is 0 Å². The van der Waals surface area contributed by atoms with E-state index in [0.29, 0.717) is 13.2 Å². The van der Waals surface area contributed by atoms with E-state index in [2.05, 4.69) is 24.5 Å². The number of nitrogens with one attached hydrogen (secondary N) is 2. The molecule has 100 valence electrons. The van der Waals surface area contributed by atoms with Crippen LogP contribution in [0.3, 0.4) is 0 Å². The first-order valence-corrected chi connectivity index (χ1v) is 6.87. The smallest absolute Gasteiger partial charge is 0.174 e.